The van der Waals surface area contributed by atoms with Gasteiger partial charge in [0.25, 0.3) is 0 Å². The Morgan fingerprint density at radius 1 is 1.21 bits per heavy atom. The second kappa shape index (κ2) is 13.3. The number of guanidine groups is 1. The van der Waals surface area contributed by atoms with E-state index < -0.39 is 10.0 Å². The Labute approximate surface area is 189 Å². The third kappa shape index (κ3) is 8.96. The number of rotatable bonds is 10. The third-order valence-corrected chi connectivity index (χ3v) is 5.19. The second-order valence-electron chi connectivity index (χ2n) is 5.91. The van der Waals surface area contributed by atoms with Crippen molar-refractivity contribution in [3.05, 3.63) is 54.9 Å². The number of ether oxygens (including phenoxy) is 1. The van der Waals surface area contributed by atoms with Gasteiger partial charge in [-0.2, -0.15) is 0 Å². The van der Waals surface area contributed by atoms with E-state index >= 15 is 0 Å². The summed E-state index contributed by atoms with van der Waals surface area (Å²) in [7, 11) is -1.66. The summed E-state index contributed by atoms with van der Waals surface area (Å²) in [5, 5.41) is 3.19. The molecule has 0 saturated carbocycles. The Kier molecular flexibility index (Phi) is 11.5. The minimum atomic E-state index is -3.57. The molecule has 0 amide bonds. The van der Waals surface area contributed by atoms with Crippen molar-refractivity contribution < 1.29 is 13.2 Å². The van der Waals surface area contributed by atoms with Gasteiger partial charge in [0.15, 0.2) is 5.96 Å². The lowest BCUT2D eigenvalue weighted by Crippen LogP contribution is -2.41. The zero-order valence-electron chi connectivity index (χ0n) is 16.6. The van der Waals surface area contributed by atoms with E-state index in [1.807, 2.05) is 49.2 Å². The van der Waals surface area contributed by atoms with Gasteiger partial charge in [0.1, 0.15) is 17.3 Å². The predicted octanol–water partition coefficient (Wildman–Crippen LogP) is 1.95. The Bertz CT molecular complexity index is 835. The number of benzene rings is 1. The van der Waals surface area contributed by atoms with Gasteiger partial charge in [-0.3, -0.25) is 9.98 Å². The number of aromatic nitrogens is 1. The normalized spacial score (nSPS) is 11.4. The van der Waals surface area contributed by atoms with E-state index in [-0.39, 0.29) is 35.4 Å². The van der Waals surface area contributed by atoms with Gasteiger partial charge in [-0.25, -0.2) is 13.1 Å². The first-order chi connectivity index (χ1) is 13.5. The summed E-state index contributed by atoms with van der Waals surface area (Å²) in [4.78, 5) is 10.4. The van der Waals surface area contributed by atoms with Gasteiger partial charge < -0.3 is 15.0 Å². The highest BCUT2D eigenvalue weighted by molar-refractivity contribution is 14.0. The molecule has 0 spiro atoms. The first-order valence-electron chi connectivity index (χ1n) is 9.10. The molecule has 8 nitrogen and oxygen atoms in total. The molecule has 2 rings (SSSR count). The Morgan fingerprint density at radius 3 is 2.62 bits per heavy atom. The molecule has 1 aromatic heterocycles. The molecule has 0 aliphatic rings. The van der Waals surface area contributed by atoms with Crippen LogP contribution >= 0.6 is 24.0 Å². The van der Waals surface area contributed by atoms with Gasteiger partial charge in [-0.05, 0) is 31.2 Å². The largest absolute Gasteiger partial charge is 0.492 e. The number of halogens is 1. The Balaban J connectivity index is 0.00000420. The quantitative estimate of drug-likeness (QED) is 0.210. The monoisotopic (exact) mass is 533 g/mol. The van der Waals surface area contributed by atoms with Crippen LogP contribution in [0.4, 0.5) is 0 Å². The van der Waals surface area contributed by atoms with Crippen molar-refractivity contribution in [2.45, 2.75) is 11.8 Å². The summed E-state index contributed by atoms with van der Waals surface area (Å²) in [6.45, 7) is 4.35. The van der Waals surface area contributed by atoms with Crippen LogP contribution in [0, 0.1) is 0 Å². The topological polar surface area (TPSA) is 95.9 Å². The molecule has 0 bridgehead atoms. The van der Waals surface area contributed by atoms with E-state index in [2.05, 4.69) is 20.0 Å². The van der Waals surface area contributed by atoms with Crippen LogP contribution in [-0.2, 0) is 10.0 Å². The van der Waals surface area contributed by atoms with Crippen LogP contribution in [0.5, 0.6) is 5.75 Å². The lowest BCUT2D eigenvalue weighted by molar-refractivity contribution is 0.281. The summed E-state index contributed by atoms with van der Waals surface area (Å²) in [5.74, 6) is 1.52. The lowest BCUT2D eigenvalue weighted by atomic mass is 10.3. The summed E-state index contributed by atoms with van der Waals surface area (Å²) in [6.07, 6.45) is 2.85. The molecule has 2 N–H and O–H groups in total. The summed E-state index contributed by atoms with van der Waals surface area (Å²) >= 11 is 0. The van der Waals surface area contributed by atoms with E-state index in [1.54, 1.807) is 6.07 Å². The van der Waals surface area contributed by atoms with Crippen LogP contribution in [-0.4, -0.2) is 64.1 Å². The highest BCUT2D eigenvalue weighted by atomic mass is 127. The number of nitrogens with one attached hydrogen (secondary N) is 2. The van der Waals surface area contributed by atoms with Crippen molar-refractivity contribution in [2.24, 2.45) is 4.99 Å². The summed E-state index contributed by atoms with van der Waals surface area (Å²) < 4.78 is 32.6. The highest BCUT2D eigenvalue weighted by Crippen LogP contribution is 2.08. The van der Waals surface area contributed by atoms with Crippen molar-refractivity contribution in [1.29, 1.82) is 0 Å². The van der Waals surface area contributed by atoms with Gasteiger partial charge in [0, 0.05) is 32.5 Å². The minimum absolute atomic E-state index is 0. The Hall–Kier alpha value is -1.92. The number of likely N-dealkylation sites (N-methyl/N-ethyl adjacent to an activating group) is 1. The van der Waals surface area contributed by atoms with Gasteiger partial charge >= 0.3 is 0 Å². The maximum absolute atomic E-state index is 12.2. The predicted molar refractivity (Wildman–Crippen MR) is 125 cm³/mol. The van der Waals surface area contributed by atoms with Gasteiger partial charge in [0.05, 0.1) is 13.1 Å². The highest BCUT2D eigenvalue weighted by Gasteiger charge is 2.13. The van der Waals surface area contributed by atoms with Crippen LogP contribution in [0.1, 0.15) is 6.92 Å². The van der Waals surface area contributed by atoms with Crippen molar-refractivity contribution in [3.63, 3.8) is 0 Å². The average Bonchev–Trinajstić information content (AvgIpc) is 2.71. The Morgan fingerprint density at radius 2 is 1.97 bits per heavy atom. The number of hydrogen-bond acceptors (Lipinski definition) is 5. The smallest absolute Gasteiger partial charge is 0.242 e. The number of aliphatic imine (C=N–C) groups is 1. The molecule has 1 aromatic carbocycles. The van der Waals surface area contributed by atoms with Crippen LogP contribution in [0.15, 0.2) is 64.7 Å². The van der Waals surface area contributed by atoms with Crippen molar-refractivity contribution in [3.8, 4) is 5.75 Å². The van der Waals surface area contributed by atoms with E-state index in [0.717, 1.165) is 5.75 Å². The number of para-hydroxylation sites is 1. The maximum atomic E-state index is 12.2. The first kappa shape index (κ1) is 25.1. The van der Waals surface area contributed by atoms with Crippen molar-refractivity contribution >= 4 is 40.0 Å². The molecule has 0 radical (unpaired) electrons. The number of nitrogens with zero attached hydrogens (tertiary/aromatic N) is 3. The molecule has 2 aromatic rings. The van der Waals surface area contributed by atoms with E-state index in [4.69, 9.17) is 4.74 Å². The fourth-order valence-corrected chi connectivity index (χ4v) is 3.31. The molecule has 29 heavy (non-hydrogen) atoms. The zero-order valence-corrected chi connectivity index (χ0v) is 19.8. The van der Waals surface area contributed by atoms with E-state index in [0.29, 0.717) is 32.2 Å². The molecule has 0 aliphatic heterocycles. The van der Waals surface area contributed by atoms with Crippen molar-refractivity contribution in [2.75, 3.05) is 39.8 Å². The number of pyridine rings is 1. The average molecular weight is 533 g/mol. The van der Waals surface area contributed by atoms with Crippen LogP contribution in [0.25, 0.3) is 0 Å². The van der Waals surface area contributed by atoms with Gasteiger partial charge in [-0.1, -0.05) is 18.2 Å². The van der Waals surface area contributed by atoms with Gasteiger partial charge in [0.2, 0.25) is 10.0 Å². The third-order valence-electron chi connectivity index (χ3n) is 3.75. The van der Waals surface area contributed by atoms with E-state index in [1.165, 1.54) is 18.5 Å². The molecular formula is C19H28IN5O3S. The fourth-order valence-electron chi connectivity index (χ4n) is 2.32. The molecule has 160 valence electrons. The fraction of sp³-hybridized carbons (Fsp3) is 0.368. The van der Waals surface area contributed by atoms with Crippen LogP contribution < -0.4 is 14.8 Å². The minimum Gasteiger partial charge on any atom is -0.492 e. The zero-order chi connectivity index (χ0) is 20.2. The second-order valence-corrected chi connectivity index (χ2v) is 7.67. The number of hydrogen-bond donors (Lipinski definition) is 2. The molecule has 1 heterocycles. The van der Waals surface area contributed by atoms with Crippen LogP contribution in [0.3, 0.4) is 0 Å². The standard InChI is InChI=1S/C19H27N5O3S.HI/c1-3-21-19(24(2)14-15-27-17-8-5-4-6-9-17)22-12-13-23-28(25,26)18-10-7-11-20-16-18;/h4-11,16,23H,3,12-15H2,1-2H3,(H,21,22);1H. The molecule has 0 fully saturated rings. The van der Waals surface area contributed by atoms with Crippen LogP contribution in [0.2, 0.25) is 0 Å². The van der Waals surface area contributed by atoms with Crippen molar-refractivity contribution in [1.82, 2.24) is 19.9 Å². The summed E-state index contributed by atoms with van der Waals surface area (Å²) in [5.41, 5.74) is 0. The molecule has 0 saturated heterocycles. The molecule has 0 unspecified atom stereocenters. The lowest BCUT2D eigenvalue weighted by Gasteiger charge is -2.22. The molecular weight excluding hydrogens is 505 g/mol. The SMILES string of the molecule is CCNC(=NCCNS(=O)(=O)c1cccnc1)N(C)CCOc1ccccc1.I. The van der Waals surface area contributed by atoms with E-state index in [9.17, 15) is 8.42 Å². The first-order valence-corrected chi connectivity index (χ1v) is 10.6. The summed E-state index contributed by atoms with van der Waals surface area (Å²) in [6, 6.07) is 12.7. The number of sulfonamides is 1. The maximum Gasteiger partial charge on any atom is 0.242 e. The van der Waals surface area contributed by atoms with Gasteiger partial charge in [-0.15, -0.1) is 24.0 Å². The molecule has 10 heteroatoms. The molecule has 0 atom stereocenters. The molecule has 0 aliphatic carbocycles.